The fraction of sp³-hybridized carbons (Fsp3) is 0.0385. The first-order chi connectivity index (χ1) is 13.8. The van der Waals surface area contributed by atoms with Gasteiger partial charge in [-0.25, -0.2) is 4.79 Å². The predicted octanol–water partition coefficient (Wildman–Crippen LogP) is 5.60. The molecule has 0 saturated heterocycles. The van der Waals surface area contributed by atoms with Crippen LogP contribution in [0.3, 0.4) is 0 Å². The summed E-state index contributed by atoms with van der Waals surface area (Å²) in [6, 6.07) is 30.4. The molecule has 1 spiro atoms. The monoisotopic (exact) mass is 360 g/mol. The molecule has 132 valence electrons. The SMILES string of the molecule is O=C1Oc2ccc3ccccc3c2C12C(c1ccccc1)=Cc1ccccc12. The Hall–Kier alpha value is -3.65. The summed E-state index contributed by atoms with van der Waals surface area (Å²) < 4.78 is 5.88. The Bertz CT molecular complexity index is 1300. The van der Waals surface area contributed by atoms with Gasteiger partial charge in [0.25, 0.3) is 0 Å². The van der Waals surface area contributed by atoms with E-state index in [-0.39, 0.29) is 5.97 Å². The van der Waals surface area contributed by atoms with Crippen molar-refractivity contribution in [1.82, 2.24) is 0 Å². The molecule has 6 rings (SSSR count). The lowest BCUT2D eigenvalue weighted by molar-refractivity contribution is -0.135. The summed E-state index contributed by atoms with van der Waals surface area (Å²) in [6.45, 7) is 0. The van der Waals surface area contributed by atoms with Crippen LogP contribution in [0.25, 0.3) is 22.4 Å². The zero-order valence-electron chi connectivity index (χ0n) is 15.1. The Kier molecular flexibility index (Phi) is 2.99. The lowest BCUT2D eigenvalue weighted by Crippen LogP contribution is -2.35. The van der Waals surface area contributed by atoms with E-state index in [2.05, 4.69) is 42.5 Å². The number of carbonyl (C=O) groups excluding carboxylic acids is 1. The minimum atomic E-state index is -0.936. The van der Waals surface area contributed by atoms with E-state index in [1.54, 1.807) is 0 Å². The first-order valence-corrected chi connectivity index (χ1v) is 9.42. The van der Waals surface area contributed by atoms with E-state index in [4.69, 9.17) is 4.74 Å². The van der Waals surface area contributed by atoms with Gasteiger partial charge in [0, 0.05) is 5.56 Å². The molecule has 2 nitrogen and oxygen atoms in total. The summed E-state index contributed by atoms with van der Waals surface area (Å²) in [5, 5.41) is 2.17. The molecule has 0 fully saturated rings. The molecule has 28 heavy (non-hydrogen) atoms. The largest absolute Gasteiger partial charge is 0.425 e. The molecule has 0 aromatic heterocycles. The first kappa shape index (κ1) is 15.4. The highest BCUT2D eigenvalue weighted by atomic mass is 16.5. The number of hydrogen-bond donors (Lipinski definition) is 0. The van der Waals surface area contributed by atoms with Crippen molar-refractivity contribution in [2.24, 2.45) is 0 Å². The number of benzene rings is 4. The zero-order chi connectivity index (χ0) is 18.7. The minimum absolute atomic E-state index is 0.223. The van der Waals surface area contributed by atoms with Crippen LogP contribution in [0.5, 0.6) is 5.75 Å². The van der Waals surface area contributed by atoms with Gasteiger partial charge in [0.05, 0.1) is 0 Å². The van der Waals surface area contributed by atoms with Gasteiger partial charge in [0.15, 0.2) is 0 Å². The van der Waals surface area contributed by atoms with Crippen molar-refractivity contribution in [3.8, 4) is 5.75 Å². The van der Waals surface area contributed by atoms with Crippen LogP contribution in [0, 0.1) is 0 Å². The number of hydrogen-bond acceptors (Lipinski definition) is 2. The Morgan fingerprint density at radius 2 is 1.46 bits per heavy atom. The standard InChI is InChI=1S/C26H16O2/c27-25-26(24-20-12-6-4-8-17(20)14-15-23(24)28-25)21-13-7-5-11-19(21)16-22(26)18-9-2-1-3-10-18/h1-16H. The van der Waals surface area contributed by atoms with E-state index in [1.807, 2.05) is 54.6 Å². The van der Waals surface area contributed by atoms with E-state index >= 15 is 0 Å². The van der Waals surface area contributed by atoms with Gasteiger partial charge in [0.1, 0.15) is 11.2 Å². The Morgan fingerprint density at radius 3 is 2.36 bits per heavy atom. The van der Waals surface area contributed by atoms with Crippen LogP contribution < -0.4 is 4.74 Å². The summed E-state index contributed by atoms with van der Waals surface area (Å²) in [4.78, 5) is 13.6. The van der Waals surface area contributed by atoms with Crippen molar-refractivity contribution < 1.29 is 9.53 Å². The molecule has 1 unspecified atom stereocenters. The zero-order valence-corrected chi connectivity index (χ0v) is 15.1. The maximum Gasteiger partial charge on any atom is 0.331 e. The Balaban J connectivity index is 1.78. The van der Waals surface area contributed by atoms with E-state index in [0.717, 1.165) is 38.6 Å². The molecular formula is C26H16O2. The number of ether oxygens (including phenoxy) is 1. The van der Waals surface area contributed by atoms with Crippen LogP contribution in [-0.4, -0.2) is 5.97 Å². The fourth-order valence-electron chi connectivity index (χ4n) is 4.78. The third kappa shape index (κ3) is 1.79. The van der Waals surface area contributed by atoms with E-state index in [0.29, 0.717) is 5.75 Å². The summed E-state index contributed by atoms with van der Waals surface area (Å²) in [5.41, 5.74) is 4.10. The van der Waals surface area contributed by atoms with Gasteiger partial charge in [-0.1, -0.05) is 84.9 Å². The lowest BCUT2D eigenvalue weighted by atomic mass is 9.69. The molecule has 1 aliphatic heterocycles. The second-order valence-electron chi connectivity index (χ2n) is 7.31. The molecule has 0 N–H and O–H groups in total. The van der Waals surface area contributed by atoms with Crippen molar-refractivity contribution in [3.63, 3.8) is 0 Å². The van der Waals surface area contributed by atoms with E-state index in [9.17, 15) is 4.79 Å². The number of fused-ring (bicyclic) bond motifs is 6. The van der Waals surface area contributed by atoms with Gasteiger partial charge >= 0.3 is 5.97 Å². The van der Waals surface area contributed by atoms with Gasteiger partial charge < -0.3 is 4.74 Å². The Labute approximate surface area is 162 Å². The van der Waals surface area contributed by atoms with Crippen molar-refractivity contribution in [2.75, 3.05) is 0 Å². The normalized spacial score (nSPS) is 19.4. The summed E-state index contributed by atoms with van der Waals surface area (Å²) in [7, 11) is 0. The molecule has 4 aromatic rings. The van der Waals surface area contributed by atoms with Crippen LogP contribution >= 0.6 is 0 Å². The van der Waals surface area contributed by atoms with Crippen molar-refractivity contribution in [3.05, 3.63) is 113 Å². The predicted molar refractivity (Wildman–Crippen MR) is 111 cm³/mol. The molecule has 0 bridgehead atoms. The number of rotatable bonds is 1. The van der Waals surface area contributed by atoms with Crippen LogP contribution in [0.2, 0.25) is 0 Å². The van der Waals surface area contributed by atoms with E-state index < -0.39 is 5.41 Å². The minimum Gasteiger partial charge on any atom is -0.425 e. The van der Waals surface area contributed by atoms with Gasteiger partial charge in [-0.05, 0) is 45.2 Å². The van der Waals surface area contributed by atoms with Gasteiger partial charge in [-0.3, -0.25) is 0 Å². The summed E-state index contributed by atoms with van der Waals surface area (Å²) in [6.07, 6.45) is 2.14. The van der Waals surface area contributed by atoms with Gasteiger partial charge in [-0.15, -0.1) is 0 Å². The highest BCUT2D eigenvalue weighted by Gasteiger charge is 2.57. The average Bonchev–Trinajstić information content (AvgIpc) is 3.25. The van der Waals surface area contributed by atoms with E-state index in [1.165, 1.54) is 0 Å². The molecule has 0 radical (unpaired) electrons. The molecule has 4 aromatic carbocycles. The molecule has 0 saturated carbocycles. The fourth-order valence-corrected chi connectivity index (χ4v) is 4.78. The Morgan fingerprint density at radius 1 is 0.714 bits per heavy atom. The molecule has 2 aliphatic rings. The van der Waals surface area contributed by atoms with Crippen molar-refractivity contribution >= 4 is 28.4 Å². The molecule has 1 atom stereocenters. The number of esters is 1. The lowest BCUT2D eigenvalue weighted by Gasteiger charge is -2.27. The topological polar surface area (TPSA) is 26.3 Å². The first-order valence-electron chi connectivity index (χ1n) is 9.42. The second-order valence-corrected chi connectivity index (χ2v) is 7.31. The summed E-state index contributed by atoms with van der Waals surface area (Å²) >= 11 is 0. The summed E-state index contributed by atoms with van der Waals surface area (Å²) in [5.74, 6) is 0.432. The van der Waals surface area contributed by atoms with Crippen LogP contribution in [0.4, 0.5) is 0 Å². The van der Waals surface area contributed by atoms with Crippen LogP contribution in [0.15, 0.2) is 91.0 Å². The second kappa shape index (κ2) is 5.43. The molecule has 0 amide bonds. The van der Waals surface area contributed by atoms with Crippen LogP contribution in [0.1, 0.15) is 22.3 Å². The van der Waals surface area contributed by atoms with Crippen molar-refractivity contribution in [1.29, 1.82) is 0 Å². The average molecular weight is 360 g/mol. The maximum atomic E-state index is 13.6. The highest BCUT2D eigenvalue weighted by molar-refractivity contribution is 6.17. The van der Waals surface area contributed by atoms with Crippen LogP contribution in [-0.2, 0) is 10.2 Å². The van der Waals surface area contributed by atoms with Gasteiger partial charge in [0.2, 0.25) is 0 Å². The molecule has 1 aliphatic carbocycles. The third-order valence-electron chi connectivity index (χ3n) is 5.93. The van der Waals surface area contributed by atoms with Crippen molar-refractivity contribution in [2.45, 2.75) is 5.41 Å². The highest BCUT2D eigenvalue weighted by Crippen LogP contribution is 2.58. The smallest absolute Gasteiger partial charge is 0.331 e. The molecular weight excluding hydrogens is 344 g/mol. The quantitative estimate of drug-likeness (QED) is 0.326. The third-order valence-corrected chi connectivity index (χ3v) is 5.93. The molecule has 1 heterocycles. The van der Waals surface area contributed by atoms with Gasteiger partial charge in [-0.2, -0.15) is 0 Å². The maximum absolute atomic E-state index is 13.6. The molecule has 2 heteroatoms. The number of carbonyl (C=O) groups is 1.